The Kier molecular flexibility index (Phi) is 6.42. The van der Waals surface area contributed by atoms with E-state index in [1.165, 1.54) is 13.0 Å². The highest BCUT2D eigenvalue weighted by Crippen LogP contribution is 2.22. The molecule has 0 atom stereocenters. The van der Waals surface area contributed by atoms with E-state index < -0.39 is 24.2 Å². The molecule has 0 heterocycles. The van der Waals surface area contributed by atoms with Crippen LogP contribution in [-0.4, -0.2) is 18.5 Å². The Bertz CT molecular complexity index is 800. The molecule has 2 rings (SSSR count). The summed E-state index contributed by atoms with van der Waals surface area (Å²) in [4.78, 5) is 22.9. The van der Waals surface area contributed by atoms with Gasteiger partial charge in [0, 0.05) is 30.9 Å². The van der Waals surface area contributed by atoms with Crippen molar-refractivity contribution >= 4 is 23.3 Å². The molecule has 9 heteroatoms. The Morgan fingerprint density at radius 3 is 2.46 bits per heavy atom. The highest BCUT2D eigenvalue weighted by molar-refractivity contribution is 5.89. The van der Waals surface area contributed by atoms with Crippen molar-refractivity contribution in [3.05, 3.63) is 53.8 Å². The zero-order valence-electron chi connectivity index (χ0n) is 13.7. The minimum absolute atomic E-state index is 0.0774. The van der Waals surface area contributed by atoms with Crippen molar-refractivity contribution in [1.29, 1.82) is 0 Å². The summed E-state index contributed by atoms with van der Waals surface area (Å²) < 4.78 is 41.7. The largest absolute Gasteiger partial charge is 0.432 e. The number of carbonyl (C=O) groups excluding carboxylic acids is 2. The Morgan fingerprint density at radius 2 is 1.81 bits per heavy atom. The summed E-state index contributed by atoms with van der Waals surface area (Å²) in [7, 11) is 0. The van der Waals surface area contributed by atoms with Gasteiger partial charge in [-0.2, -0.15) is 8.78 Å². The summed E-state index contributed by atoms with van der Waals surface area (Å²) >= 11 is 0. The van der Waals surface area contributed by atoms with E-state index in [-0.39, 0.29) is 18.1 Å². The third-order valence-corrected chi connectivity index (χ3v) is 3.11. The molecule has 2 aromatic rings. The van der Waals surface area contributed by atoms with Crippen LogP contribution in [0.15, 0.2) is 42.5 Å². The maximum absolute atomic E-state index is 13.6. The van der Waals surface area contributed by atoms with Crippen LogP contribution < -0.4 is 20.7 Å². The van der Waals surface area contributed by atoms with E-state index in [0.717, 1.165) is 17.7 Å². The van der Waals surface area contributed by atoms with Crippen LogP contribution in [0.4, 0.5) is 29.3 Å². The first-order valence-corrected chi connectivity index (χ1v) is 7.49. The third kappa shape index (κ3) is 6.00. The number of benzene rings is 2. The molecular weight excluding hydrogens is 351 g/mol. The van der Waals surface area contributed by atoms with Crippen molar-refractivity contribution in [3.63, 3.8) is 0 Å². The first-order valence-electron chi connectivity index (χ1n) is 7.49. The number of hydrogen-bond acceptors (Lipinski definition) is 3. The van der Waals surface area contributed by atoms with E-state index in [0.29, 0.717) is 5.69 Å². The predicted molar refractivity (Wildman–Crippen MR) is 89.6 cm³/mol. The average Bonchev–Trinajstić information content (AvgIpc) is 2.55. The van der Waals surface area contributed by atoms with Crippen LogP contribution in [0.5, 0.6) is 5.75 Å². The normalized spacial score (nSPS) is 10.3. The van der Waals surface area contributed by atoms with Gasteiger partial charge in [-0.05, 0) is 29.8 Å². The lowest BCUT2D eigenvalue weighted by atomic mass is 10.2. The number of amides is 3. The van der Waals surface area contributed by atoms with Gasteiger partial charge >= 0.3 is 12.6 Å². The number of urea groups is 1. The Labute approximate surface area is 147 Å². The maximum Gasteiger partial charge on any atom is 0.387 e. The first kappa shape index (κ1) is 19.1. The Balaban J connectivity index is 1.91. The van der Waals surface area contributed by atoms with Crippen molar-refractivity contribution in [2.75, 3.05) is 10.6 Å². The van der Waals surface area contributed by atoms with Crippen LogP contribution in [0.25, 0.3) is 0 Å². The topological polar surface area (TPSA) is 79.5 Å². The second-order valence-corrected chi connectivity index (χ2v) is 5.21. The highest BCUT2D eigenvalue weighted by Gasteiger charge is 2.11. The summed E-state index contributed by atoms with van der Waals surface area (Å²) in [5.41, 5.74) is 1.40. The van der Waals surface area contributed by atoms with E-state index in [2.05, 4.69) is 20.7 Å². The Hall–Kier alpha value is -3.23. The van der Waals surface area contributed by atoms with Crippen LogP contribution in [0.3, 0.4) is 0 Å². The second kappa shape index (κ2) is 8.75. The zero-order valence-corrected chi connectivity index (χ0v) is 13.7. The van der Waals surface area contributed by atoms with Gasteiger partial charge in [-0.3, -0.25) is 4.79 Å². The van der Waals surface area contributed by atoms with Crippen LogP contribution in [0, 0.1) is 5.82 Å². The molecule has 2 aromatic carbocycles. The molecule has 3 N–H and O–H groups in total. The van der Waals surface area contributed by atoms with Gasteiger partial charge in [-0.1, -0.05) is 12.1 Å². The lowest BCUT2D eigenvalue weighted by Gasteiger charge is -2.10. The molecular formula is C17H16F3N3O3. The van der Waals surface area contributed by atoms with Crippen molar-refractivity contribution in [2.45, 2.75) is 20.1 Å². The molecule has 0 aliphatic heterocycles. The number of ether oxygens (including phenoxy) is 1. The van der Waals surface area contributed by atoms with E-state index >= 15 is 0 Å². The smallest absolute Gasteiger partial charge is 0.387 e. The number of anilines is 2. The van der Waals surface area contributed by atoms with Crippen LogP contribution in [0.2, 0.25) is 0 Å². The molecule has 138 valence electrons. The van der Waals surface area contributed by atoms with Gasteiger partial charge in [0.2, 0.25) is 5.91 Å². The Morgan fingerprint density at radius 1 is 1.08 bits per heavy atom. The lowest BCUT2D eigenvalue weighted by molar-refractivity contribution is -0.114. The molecule has 0 radical (unpaired) electrons. The minimum Gasteiger partial charge on any atom is -0.432 e. The predicted octanol–water partition coefficient (Wildman–Crippen LogP) is 3.71. The monoisotopic (exact) mass is 367 g/mol. The molecule has 0 unspecified atom stereocenters. The summed E-state index contributed by atoms with van der Waals surface area (Å²) in [5, 5.41) is 7.56. The molecule has 0 spiro atoms. The number of carbonyl (C=O) groups is 2. The molecule has 0 bridgehead atoms. The van der Waals surface area contributed by atoms with Crippen molar-refractivity contribution in [2.24, 2.45) is 0 Å². The van der Waals surface area contributed by atoms with Gasteiger partial charge < -0.3 is 20.7 Å². The highest BCUT2D eigenvalue weighted by atomic mass is 19.3. The van der Waals surface area contributed by atoms with E-state index in [9.17, 15) is 22.8 Å². The maximum atomic E-state index is 13.6. The first-order chi connectivity index (χ1) is 12.3. The second-order valence-electron chi connectivity index (χ2n) is 5.21. The van der Waals surface area contributed by atoms with Gasteiger partial charge in [-0.15, -0.1) is 0 Å². The lowest BCUT2D eigenvalue weighted by Crippen LogP contribution is -2.28. The van der Waals surface area contributed by atoms with Crippen molar-refractivity contribution in [3.8, 4) is 5.75 Å². The van der Waals surface area contributed by atoms with Gasteiger partial charge in [0.15, 0.2) is 11.6 Å². The van der Waals surface area contributed by atoms with Crippen LogP contribution >= 0.6 is 0 Å². The van der Waals surface area contributed by atoms with Crippen molar-refractivity contribution < 1.29 is 27.5 Å². The van der Waals surface area contributed by atoms with Crippen molar-refractivity contribution in [1.82, 2.24) is 5.32 Å². The van der Waals surface area contributed by atoms with Crippen LogP contribution in [-0.2, 0) is 11.3 Å². The number of halogens is 3. The van der Waals surface area contributed by atoms with Gasteiger partial charge in [0.05, 0.1) is 0 Å². The number of nitrogens with one attached hydrogen (secondary N) is 3. The zero-order chi connectivity index (χ0) is 19.1. The molecule has 26 heavy (non-hydrogen) atoms. The van der Waals surface area contributed by atoms with Gasteiger partial charge in [-0.25, -0.2) is 9.18 Å². The molecule has 3 amide bonds. The van der Waals surface area contributed by atoms with E-state index in [4.69, 9.17) is 0 Å². The standard InChI is InChI=1S/C17H16F3N3O3/c1-10(24)22-12-4-2-3-11(7-12)9-21-17(25)23-13-5-6-15(14(18)8-13)26-16(19)20/h2-8,16H,9H2,1H3,(H,22,24)(H2,21,23,25). The fourth-order valence-corrected chi connectivity index (χ4v) is 2.09. The number of alkyl halides is 2. The SMILES string of the molecule is CC(=O)Nc1cccc(CNC(=O)Nc2ccc(OC(F)F)c(F)c2)c1. The number of hydrogen-bond donors (Lipinski definition) is 3. The molecule has 0 aliphatic carbocycles. The number of rotatable bonds is 6. The summed E-state index contributed by atoms with van der Waals surface area (Å²) in [6.07, 6.45) is 0. The van der Waals surface area contributed by atoms with E-state index in [1.807, 2.05) is 0 Å². The molecule has 0 aliphatic rings. The van der Waals surface area contributed by atoms with Gasteiger partial charge in [0.1, 0.15) is 0 Å². The third-order valence-electron chi connectivity index (χ3n) is 3.11. The average molecular weight is 367 g/mol. The quantitative estimate of drug-likeness (QED) is 0.728. The minimum atomic E-state index is -3.14. The summed E-state index contributed by atoms with van der Waals surface area (Å²) in [6, 6.07) is 9.35. The molecule has 0 fully saturated rings. The fraction of sp³-hybridized carbons (Fsp3) is 0.176. The molecule has 0 saturated heterocycles. The van der Waals surface area contributed by atoms with E-state index in [1.54, 1.807) is 24.3 Å². The molecule has 0 saturated carbocycles. The molecule has 0 aromatic heterocycles. The van der Waals surface area contributed by atoms with Gasteiger partial charge in [0.25, 0.3) is 0 Å². The summed E-state index contributed by atoms with van der Waals surface area (Å²) in [6.45, 7) is -1.59. The van der Waals surface area contributed by atoms with Crippen LogP contribution in [0.1, 0.15) is 12.5 Å². The molecule has 6 nitrogen and oxygen atoms in total. The summed E-state index contributed by atoms with van der Waals surface area (Å²) in [5.74, 6) is -1.85. The fourth-order valence-electron chi connectivity index (χ4n) is 2.09.